The summed E-state index contributed by atoms with van der Waals surface area (Å²) in [6.45, 7) is 14.4. The molecule has 0 bridgehead atoms. The monoisotopic (exact) mass is 214 g/mol. The van der Waals surface area contributed by atoms with E-state index in [0.29, 0.717) is 5.41 Å². The van der Waals surface area contributed by atoms with E-state index in [-0.39, 0.29) is 0 Å². The third-order valence-corrected chi connectivity index (χ3v) is 3.10. The molecule has 2 heterocycles. The van der Waals surface area contributed by atoms with Crippen LogP contribution < -0.4 is 0 Å². The Bertz CT molecular complexity index is 172. The van der Waals surface area contributed by atoms with Gasteiger partial charge in [-0.2, -0.15) is 0 Å². The number of hydrogen-bond acceptors (Lipinski definition) is 3. The van der Waals surface area contributed by atoms with Gasteiger partial charge in [0.1, 0.15) is 0 Å². The van der Waals surface area contributed by atoms with Crippen LogP contribution in [0, 0.1) is 5.41 Å². The molecule has 0 N–H and O–H groups in total. The number of ether oxygens (including phenoxy) is 1. The molecule has 15 heavy (non-hydrogen) atoms. The van der Waals surface area contributed by atoms with Crippen molar-refractivity contribution in [3.8, 4) is 0 Å². The third-order valence-electron chi connectivity index (χ3n) is 3.10. The SMILES string of the molecule is CC.CN1CCN(CC2(C)COC2)CC1. The molecule has 0 aliphatic carbocycles. The van der Waals surface area contributed by atoms with E-state index in [1.807, 2.05) is 13.8 Å². The van der Waals surface area contributed by atoms with Crippen molar-refractivity contribution in [2.24, 2.45) is 5.41 Å². The Morgan fingerprint density at radius 3 is 2.00 bits per heavy atom. The summed E-state index contributed by atoms with van der Waals surface area (Å²) < 4.78 is 5.26. The maximum absolute atomic E-state index is 5.26. The first-order chi connectivity index (χ1) is 7.18. The van der Waals surface area contributed by atoms with Crippen molar-refractivity contribution in [3.63, 3.8) is 0 Å². The molecule has 3 heteroatoms. The largest absolute Gasteiger partial charge is 0.380 e. The van der Waals surface area contributed by atoms with E-state index in [0.717, 1.165) is 13.2 Å². The summed E-state index contributed by atoms with van der Waals surface area (Å²) in [5, 5.41) is 0. The van der Waals surface area contributed by atoms with Crippen LogP contribution in [-0.4, -0.2) is 62.8 Å². The second-order valence-corrected chi connectivity index (χ2v) is 4.88. The summed E-state index contributed by atoms with van der Waals surface area (Å²) in [5.74, 6) is 0. The quantitative estimate of drug-likeness (QED) is 0.689. The molecule has 0 unspecified atom stereocenters. The molecule has 3 nitrogen and oxygen atoms in total. The van der Waals surface area contributed by atoms with E-state index >= 15 is 0 Å². The Labute approximate surface area is 94.4 Å². The minimum Gasteiger partial charge on any atom is -0.380 e. The van der Waals surface area contributed by atoms with Crippen LogP contribution in [0.15, 0.2) is 0 Å². The molecule has 0 spiro atoms. The van der Waals surface area contributed by atoms with Crippen molar-refractivity contribution >= 4 is 0 Å². The number of likely N-dealkylation sites (N-methyl/N-ethyl adjacent to an activating group) is 1. The predicted molar refractivity (Wildman–Crippen MR) is 64.2 cm³/mol. The van der Waals surface area contributed by atoms with Gasteiger partial charge in [-0.05, 0) is 7.05 Å². The normalized spacial score (nSPS) is 26.4. The third kappa shape index (κ3) is 3.74. The highest BCUT2D eigenvalue weighted by Crippen LogP contribution is 2.27. The topological polar surface area (TPSA) is 15.7 Å². The molecule has 0 aromatic carbocycles. The lowest BCUT2D eigenvalue weighted by Gasteiger charge is -2.43. The van der Waals surface area contributed by atoms with E-state index in [1.165, 1.54) is 32.7 Å². The van der Waals surface area contributed by atoms with Crippen LogP contribution in [0.3, 0.4) is 0 Å². The number of rotatable bonds is 2. The molecule has 0 amide bonds. The highest BCUT2D eigenvalue weighted by Gasteiger charge is 2.35. The number of hydrogen-bond donors (Lipinski definition) is 0. The van der Waals surface area contributed by atoms with Crippen LogP contribution in [0.2, 0.25) is 0 Å². The summed E-state index contributed by atoms with van der Waals surface area (Å²) in [6.07, 6.45) is 0. The maximum Gasteiger partial charge on any atom is 0.0554 e. The van der Waals surface area contributed by atoms with Crippen LogP contribution in [0.1, 0.15) is 20.8 Å². The summed E-state index contributed by atoms with van der Waals surface area (Å²) in [6, 6.07) is 0. The van der Waals surface area contributed by atoms with E-state index < -0.39 is 0 Å². The molecule has 2 aliphatic rings. The lowest BCUT2D eigenvalue weighted by molar-refractivity contribution is -0.117. The summed E-state index contributed by atoms with van der Waals surface area (Å²) in [4.78, 5) is 4.97. The second kappa shape index (κ2) is 5.83. The summed E-state index contributed by atoms with van der Waals surface area (Å²) in [5.41, 5.74) is 0.454. The molecule has 0 aromatic rings. The van der Waals surface area contributed by atoms with Crippen molar-refractivity contribution in [1.29, 1.82) is 0 Å². The molecule has 0 aromatic heterocycles. The van der Waals surface area contributed by atoms with Gasteiger partial charge in [0.25, 0.3) is 0 Å². The fraction of sp³-hybridized carbons (Fsp3) is 1.00. The fourth-order valence-corrected chi connectivity index (χ4v) is 2.09. The fourth-order valence-electron chi connectivity index (χ4n) is 2.09. The van der Waals surface area contributed by atoms with E-state index in [4.69, 9.17) is 4.74 Å². The molecule has 2 aliphatic heterocycles. The predicted octanol–water partition coefficient (Wildman–Crippen LogP) is 1.30. The molecule has 2 rings (SSSR count). The van der Waals surface area contributed by atoms with Crippen molar-refractivity contribution in [1.82, 2.24) is 9.80 Å². The van der Waals surface area contributed by atoms with Crippen LogP contribution >= 0.6 is 0 Å². The van der Waals surface area contributed by atoms with Crippen molar-refractivity contribution in [2.75, 3.05) is 53.0 Å². The highest BCUT2D eigenvalue weighted by molar-refractivity contribution is 4.85. The van der Waals surface area contributed by atoms with E-state index in [1.54, 1.807) is 0 Å². The average molecular weight is 214 g/mol. The van der Waals surface area contributed by atoms with E-state index in [2.05, 4.69) is 23.8 Å². The average Bonchev–Trinajstić information content (AvgIpc) is 2.22. The molecular weight excluding hydrogens is 188 g/mol. The van der Waals surface area contributed by atoms with Gasteiger partial charge in [0, 0.05) is 38.1 Å². The van der Waals surface area contributed by atoms with Crippen LogP contribution in [0.5, 0.6) is 0 Å². The molecule has 2 saturated heterocycles. The Kier molecular flexibility index (Phi) is 5.03. The molecular formula is C12H26N2O. The Hall–Kier alpha value is -0.120. The lowest BCUT2D eigenvalue weighted by atomic mass is 9.88. The van der Waals surface area contributed by atoms with Gasteiger partial charge in [0.05, 0.1) is 13.2 Å². The van der Waals surface area contributed by atoms with Crippen molar-refractivity contribution in [3.05, 3.63) is 0 Å². The number of nitrogens with zero attached hydrogens (tertiary/aromatic N) is 2. The van der Waals surface area contributed by atoms with Gasteiger partial charge in [-0.3, -0.25) is 0 Å². The van der Waals surface area contributed by atoms with E-state index in [9.17, 15) is 0 Å². The maximum atomic E-state index is 5.26. The van der Waals surface area contributed by atoms with Crippen LogP contribution in [0.25, 0.3) is 0 Å². The van der Waals surface area contributed by atoms with Gasteiger partial charge in [-0.1, -0.05) is 20.8 Å². The minimum atomic E-state index is 0.454. The standard InChI is InChI=1S/C10H20N2O.C2H6/c1-10(8-13-9-10)7-12-5-3-11(2)4-6-12;1-2/h3-9H2,1-2H3;1-2H3. The van der Waals surface area contributed by atoms with Crippen molar-refractivity contribution < 1.29 is 4.74 Å². The molecule has 2 fully saturated rings. The molecule has 0 radical (unpaired) electrons. The first-order valence-corrected chi connectivity index (χ1v) is 6.17. The molecule has 0 atom stereocenters. The summed E-state index contributed by atoms with van der Waals surface area (Å²) >= 11 is 0. The Balaban J connectivity index is 0.000000531. The zero-order valence-corrected chi connectivity index (χ0v) is 10.8. The molecule has 0 saturated carbocycles. The van der Waals surface area contributed by atoms with Gasteiger partial charge < -0.3 is 14.5 Å². The minimum absolute atomic E-state index is 0.454. The first-order valence-electron chi connectivity index (χ1n) is 6.17. The zero-order chi connectivity index (χ0) is 11.3. The number of piperazine rings is 1. The van der Waals surface area contributed by atoms with Crippen LogP contribution in [0.4, 0.5) is 0 Å². The Morgan fingerprint density at radius 2 is 1.60 bits per heavy atom. The molecule has 90 valence electrons. The van der Waals surface area contributed by atoms with Gasteiger partial charge in [-0.25, -0.2) is 0 Å². The van der Waals surface area contributed by atoms with Crippen molar-refractivity contribution in [2.45, 2.75) is 20.8 Å². The van der Waals surface area contributed by atoms with Gasteiger partial charge >= 0.3 is 0 Å². The second-order valence-electron chi connectivity index (χ2n) is 4.88. The zero-order valence-electron chi connectivity index (χ0n) is 10.8. The van der Waals surface area contributed by atoms with Gasteiger partial charge in [0.2, 0.25) is 0 Å². The lowest BCUT2D eigenvalue weighted by Crippen LogP contribution is -2.53. The van der Waals surface area contributed by atoms with Gasteiger partial charge in [-0.15, -0.1) is 0 Å². The summed E-state index contributed by atoms with van der Waals surface area (Å²) in [7, 11) is 2.20. The smallest absolute Gasteiger partial charge is 0.0554 e. The van der Waals surface area contributed by atoms with Gasteiger partial charge in [0.15, 0.2) is 0 Å². The highest BCUT2D eigenvalue weighted by atomic mass is 16.5. The Morgan fingerprint density at radius 1 is 1.07 bits per heavy atom. The first kappa shape index (κ1) is 12.9. The van der Waals surface area contributed by atoms with Crippen LogP contribution in [-0.2, 0) is 4.74 Å².